The van der Waals surface area contributed by atoms with E-state index >= 15 is 0 Å². The van der Waals surface area contributed by atoms with Crippen LogP contribution in [0.25, 0.3) is 22.4 Å². The van der Waals surface area contributed by atoms with Gasteiger partial charge in [0.15, 0.2) is 5.52 Å². The first-order valence-electron chi connectivity index (χ1n) is 11.6. The van der Waals surface area contributed by atoms with Crippen LogP contribution in [0.3, 0.4) is 0 Å². The monoisotopic (exact) mass is 491 g/mol. The molecular formula is C24H25N7O3S. The summed E-state index contributed by atoms with van der Waals surface area (Å²) >= 11 is 0. The summed E-state index contributed by atoms with van der Waals surface area (Å²) in [6, 6.07) is 10.0. The van der Waals surface area contributed by atoms with Crippen LogP contribution < -0.4 is 15.2 Å². The van der Waals surface area contributed by atoms with E-state index in [1.807, 2.05) is 19.1 Å². The number of anilines is 1. The normalized spacial score (nSPS) is 22.1. The molecule has 35 heavy (non-hydrogen) atoms. The molecule has 4 aromatic rings. The van der Waals surface area contributed by atoms with Crippen molar-refractivity contribution in [2.45, 2.75) is 43.2 Å². The Morgan fingerprint density at radius 3 is 2.51 bits per heavy atom. The van der Waals surface area contributed by atoms with Crippen LogP contribution in [0.5, 0.6) is 5.88 Å². The van der Waals surface area contributed by atoms with Crippen LogP contribution in [0.4, 0.5) is 5.95 Å². The second kappa shape index (κ2) is 8.28. The number of aromatic nitrogens is 5. The predicted octanol–water partition coefficient (Wildman–Crippen LogP) is 3.41. The van der Waals surface area contributed by atoms with E-state index in [0.29, 0.717) is 22.9 Å². The van der Waals surface area contributed by atoms with Gasteiger partial charge in [-0.15, -0.1) is 0 Å². The predicted molar refractivity (Wildman–Crippen MR) is 130 cm³/mol. The maximum atomic E-state index is 11.5. The van der Waals surface area contributed by atoms with Gasteiger partial charge in [0.1, 0.15) is 6.10 Å². The highest BCUT2D eigenvalue weighted by Crippen LogP contribution is 2.52. The average Bonchev–Trinajstić information content (AvgIpc) is 3.21. The van der Waals surface area contributed by atoms with Crippen molar-refractivity contribution in [1.29, 1.82) is 0 Å². The third kappa shape index (κ3) is 4.44. The number of fused-ring (bicyclic) bond motifs is 2. The first-order valence-corrected chi connectivity index (χ1v) is 13.1. The highest BCUT2D eigenvalue weighted by Gasteiger charge is 2.47. The molecule has 10 nitrogen and oxygen atoms in total. The second-order valence-electron chi connectivity index (χ2n) is 9.33. The molecule has 0 radical (unpaired) electrons. The Labute approximate surface area is 202 Å². The number of aromatic amines is 1. The topological polar surface area (TPSA) is 149 Å². The molecule has 180 valence electrons. The Balaban J connectivity index is 1.32. The summed E-state index contributed by atoms with van der Waals surface area (Å²) in [7, 11) is -3.74. The van der Waals surface area contributed by atoms with E-state index in [1.165, 1.54) is 18.6 Å². The lowest BCUT2D eigenvalue weighted by Crippen LogP contribution is -2.17. The standard InChI is InChI=1S/C24H25N7O3S/c1-13(14-2-4-18(5-3-14)35(25,32)33)28-24-30-20-7-6-19(21-11-26-12-27-21)29-22(20)23(31-24)34-17-9-15-8-16(15)10-17/h2-7,11-13,15-17H,8-10H2,1H3,(H,26,27)(H2,25,32,33)(H,28,30,31)/t13-,15-,16+,17?/m1/s1. The van der Waals surface area contributed by atoms with Crippen LogP contribution in [0, 0.1) is 11.8 Å². The molecule has 0 aliphatic heterocycles. The van der Waals surface area contributed by atoms with E-state index in [9.17, 15) is 8.42 Å². The Kier molecular flexibility index (Phi) is 5.19. The number of hydrogen-bond acceptors (Lipinski definition) is 8. The van der Waals surface area contributed by atoms with Gasteiger partial charge in [0.2, 0.25) is 21.9 Å². The molecule has 1 unspecified atom stereocenters. The Hall–Kier alpha value is -3.57. The van der Waals surface area contributed by atoms with E-state index in [0.717, 1.165) is 41.6 Å². The van der Waals surface area contributed by atoms with Crippen LogP contribution in [0.1, 0.15) is 37.8 Å². The fraction of sp³-hybridized carbons (Fsp3) is 0.333. The van der Waals surface area contributed by atoms with E-state index in [1.54, 1.807) is 24.7 Å². The number of hydrogen-bond donors (Lipinski definition) is 3. The van der Waals surface area contributed by atoms with Crippen LogP contribution in [-0.2, 0) is 10.0 Å². The van der Waals surface area contributed by atoms with Gasteiger partial charge >= 0.3 is 0 Å². The summed E-state index contributed by atoms with van der Waals surface area (Å²) in [6.07, 6.45) is 6.87. The maximum absolute atomic E-state index is 11.5. The van der Waals surface area contributed by atoms with Gasteiger partial charge < -0.3 is 15.0 Å². The number of sulfonamides is 1. The molecule has 0 amide bonds. The first kappa shape index (κ1) is 21.9. The van der Waals surface area contributed by atoms with E-state index < -0.39 is 10.0 Å². The van der Waals surface area contributed by atoms with E-state index in [2.05, 4.69) is 20.3 Å². The van der Waals surface area contributed by atoms with Crippen molar-refractivity contribution in [2.24, 2.45) is 17.0 Å². The fourth-order valence-electron chi connectivity index (χ4n) is 4.82. The zero-order valence-electron chi connectivity index (χ0n) is 19.0. The summed E-state index contributed by atoms with van der Waals surface area (Å²) in [5.41, 5.74) is 3.68. The number of rotatable bonds is 7. The molecule has 0 spiro atoms. The van der Waals surface area contributed by atoms with Crippen molar-refractivity contribution in [3.63, 3.8) is 0 Å². The highest BCUT2D eigenvalue weighted by atomic mass is 32.2. The lowest BCUT2D eigenvalue weighted by Gasteiger charge is -2.18. The van der Waals surface area contributed by atoms with E-state index in [-0.39, 0.29) is 17.0 Å². The van der Waals surface area contributed by atoms with Gasteiger partial charge in [0.25, 0.3) is 0 Å². The molecule has 2 fully saturated rings. The summed E-state index contributed by atoms with van der Waals surface area (Å²) < 4.78 is 29.5. The van der Waals surface area contributed by atoms with Gasteiger partial charge in [0.05, 0.1) is 40.4 Å². The molecule has 6 rings (SSSR count). The number of primary sulfonamides is 1. The second-order valence-corrected chi connectivity index (χ2v) is 10.9. The molecular weight excluding hydrogens is 466 g/mol. The number of ether oxygens (including phenoxy) is 1. The minimum atomic E-state index is -3.74. The molecule has 2 aliphatic rings. The number of pyridine rings is 1. The van der Waals surface area contributed by atoms with Crippen LogP contribution in [0.2, 0.25) is 0 Å². The van der Waals surface area contributed by atoms with Gasteiger partial charge in [-0.2, -0.15) is 4.98 Å². The molecule has 11 heteroatoms. The molecule has 2 aliphatic carbocycles. The van der Waals surface area contributed by atoms with Crippen molar-refractivity contribution in [2.75, 3.05) is 5.32 Å². The molecule has 2 saturated carbocycles. The Bertz CT molecular complexity index is 1480. The summed E-state index contributed by atoms with van der Waals surface area (Å²) in [6.45, 7) is 1.95. The van der Waals surface area contributed by atoms with Crippen LogP contribution in [0.15, 0.2) is 53.8 Å². The van der Waals surface area contributed by atoms with Crippen molar-refractivity contribution >= 4 is 27.0 Å². The zero-order chi connectivity index (χ0) is 24.2. The van der Waals surface area contributed by atoms with Crippen molar-refractivity contribution in [1.82, 2.24) is 24.9 Å². The smallest absolute Gasteiger partial charge is 0.245 e. The maximum Gasteiger partial charge on any atom is 0.245 e. The Morgan fingerprint density at radius 2 is 1.83 bits per heavy atom. The molecule has 3 heterocycles. The van der Waals surface area contributed by atoms with Gasteiger partial charge in [-0.3, -0.25) is 0 Å². The fourth-order valence-corrected chi connectivity index (χ4v) is 5.33. The molecule has 3 aromatic heterocycles. The van der Waals surface area contributed by atoms with Gasteiger partial charge in [-0.05, 0) is 67.9 Å². The molecule has 4 N–H and O–H groups in total. The average molecular weight is 492 g/mol. The molecule has 4 atom stereocenters. The number of nitrogens with one attached hydrogen (secondary N) is 2. The Morgan fingerprint density at radius 1 is 1.06 bits per heavy atom. The summed E-state index contributed by atoms with van der Waals surface area (Å²) in [5.74, 6) is 2.43. The minimum Gasteiger partial charge on any atom is -0.473 e. The lowest BCUT2D eigenvalue weighted by molar-refractivity contribution is 0.189. The summed E-state index contributed by atoms with van der Waals surface area (Å²) in [4.78, 5) is 21.4. The van der Waals surface area contributed by atoms with Gasteiger partial charge in [-0.1, -0.05) is 12.1 Å². The number of H-pyrrole nitrogens is 1. The zero-order valence-corrected chi connectivity index (χ0v) is 19.9. The van der Waals surface area contributed by atoms with Crippen molar-refractivity contribution in [3.05, 3.63) is 54.5 Å². The number of benzene rings is 1. The number of nitrogens with two attached hydrogens (primary N) is 1. The van der Waals surface area contributed by atoms with E-state index in [4.69, 9.17) is 19.8 Å². The third-order valence-electron chi connectivity index (χ3n) is 6.82. The van der Waals surface area contributed by atoms with Crippen molar-refractivity contribution < 1.29 is 13.2 Å². The minimum absolute atomic E-state index is 0.0693. The van der Waals surface area contributed by atoms with Gasteiger partial charge in [0, 0.05) is 0 Å². The van der Waals surface area contributed by atoms with Crippen LogP contribution in [-0.4, -0.2) is 39.4 Å². The number of nitrogens with zero attached hydrogens (tertiary/aromatic N) is 4. The van der Waals surface area contributed by atoms with Gasteiger partial charge in [-0.25, -0.2) is 28.5 Å². The lowest BCUT2D eigenvalue weighted by atomic mass is 10.1. The molecule has 0 saturated heterocycles. The third-order valence-corrected chi connectivity index (χ3v) is 7.75. The quantitative estimate of drug-likeness (QED) is 0.356. The SMILES string of the molecule is C[C@@H](Nc1nc(OC2C[C@@H]3C[C@@H]3C2)c2nc(-c3cnc[nH]3)ccc2n1)c1ccc(S(N)(=O)=O)cc1. The van der Waals surface area contributed by atoms with Crippen LogP contribution >= 0.6 is 0 Å². The number of imidazole rings is 1. The van der Waals surface area contributed by atoms with Crippen molar-refractivity contribution in [3.8, 4) is 17.3 Å². The molecule has 1 aromatic carbocycles. The first-order chi connectivity index (χ1) is 16.8. The largest absolute Gasteiger partial charge is 0.473 e. The highest BCUT2D eigenvalue weighted by molar-refractivity contribution is 7.89. The summed E-state index contributed by atoms with van der Waals surface area (Å²) in [5, 5.41) is 8.51. The molecule has 0 bridgehead atoms.